The lowest BCUT2D eigenvalue weighted by Crippen LogP contribution is -2.11. The molecule has 0 aliphatic carbocycles. The third kappa shape index (κ3) is 2.91. The molecule has 0 aliphatic heterocycles. The second-order valence-electron chi connectivity index (χ2n) is 3.84. The SMILES string of the molecule is Cn1nnnc1SCc1ccc(C(N)=O)cc1[N+](=O)[O-]. The predicted molar refractivity (Wildman–Crippen MR) is 70.0 cm³/mol. The fourth-order valence-corrected chi connectivity index (χ4v) is 2.34. The van der Waals surface area contributed by atoms with Crippen molar-refractivity contribution in [2.45, 2.75) is 10.9 Å². The summed E-state index contributed by atoms with van der Waals surface area (Å²) in [6.45, 7) is 0. The smallest absolute Gasteiger partial charge is 0.274 e. The second-order valence-corrected chi connectivity index (χ2v) is 4.78. The number of nitrogens with zero attached hydrogens (tertiary/aromatic N) is 5. The van der Waals surface area contributed by atoms with E-state index in [1.807, 2.05) is 0 Å². The Balaban J connectivity index is 2.25. The van der Waals surface area contributed by atoms with E-state index in [9.17, 15) is 14.9 Å². The Kier molecular flexibility index (Phi) is 3.94. The highest BCUT2D eigenvalue weighted by Gasteiger charge is 2.17. The fraction of sp³-hybridized carbons (Fsp3) is 0.200. The topological polar surface area (TPSA) is 130 Å². The maximum Gasteiger partial charge on any atom is 0.274 e. The van der Waals surface area contributed by atoms with E-state index in [1.54, 1.807) is 7.05 Å². The highest BCUT2D eigenvalue weighted by molar-refractivity contribution is 7.98. The van der Waals surface area contributed by atoms with Crippen LogP contribution in [0.5, 0.6) is 0 Å². The first kappa shape index (κ1) is 13.9. The Morgan fingerprint density at radius 2 is 2.30 bits per heavy atom. The minimum Gasteiger partial charge on any atom is -0.366 e. The molecule has 9 nitrogen and oxygen atoms in total. The van der Waals surface area contributed by atoms with Crippen molar-refractivity contribution < 1.29 is 9.72 Å². The Morgan fingerprint density at radius 3 is 2.85 bits per heavy atom. The van der Waals surface area contributed by atoms with Crippen LogP contribution in [0.3, 0.4) is 0 Å². The maximum atomic E-state index is 11.0. The zero-order valence-corrected chi connectivity index (χ0v) is 11.2. The first-order valence-electron chi connectivity index (χ1n) is 5.41. The van der Waals surface area contributed by atoms with Gasteiger partial charge < -0.3 is 5.73 Å². The van der Waals surface area contributed by atoms with Gasteiger partial charge in [-0.25, -0.2) is 4.68 Å². The van der Waals surface area contributed by atoms with Gasteiger partial charge in [-0.2, -0.15) is 0 Å². The number of rotatable bonds is 5. The van der Waals surface area contributed by atoms with Gasteiger partial charge in [0.2, 0.25) is 11.1 Å². The average Bonchev–Trinajstić information content (AvgIpc) is 2.81. The largest absolute Gasteiger partial charge is 0.366 e. The molecule has 0 unspecified atom stereocenters. The molecule has 0 spiro atoms. The van der Waals surface area contributed by atoms with Gasteiger partial charge >= 0.3 is 0 Å². The summed E-state index contributed by atoms with van der Waals surface area (Å²) < 4.78 is 1.47. The number of hydrogen-bond donors (Lipinski definition) is 1. The number of amides is 1. The molecule has 1 heterocycles. The number of aromatic nitrogens is 4. The standard InChI is InChI=1S/C10H10N6O3S/c1-15-10(12-13-14-15)20-5-7-3-2-6(9(11)17)4-8(7)16(18)19/h2-4H,5H2,1H3,(H2,11,17). The lowest BCUT2D eigenvalue weighted by molar-refractivity contribution is -0.385. The van der Waals surface area contributed by atoms with E-state index >= 15 is 0 Å². The molecule has 104 valence electrons. The quantitative estimate of drug-likeness (QED) is 0.483. The molecule has 0 fully saturated rings. The Morgan fingerprint density at radius 1 is 1.55 bits per heavy atom. The van der Waals surface area contributed by atoms with Crippen molar-refractivity contribution in [1.29, 1.82) is 0 Å². The van der Waals surface area contributed by atoms with E-state index in [-0.39, 0.29) is 11.3 Å². The highest BCUT2D eigenvalue weighted by atomic mass is 32.2. The van der Waals surface area contributed by atoms with Crippen LogP contribution in [0, 0.1) is 10.1 Å². The van der Waals surface area contributed by atoms with Crippen LogP contribution in [0.2, 0.25) is 0 Å². The lowest BCUT2D eigenvalue weighted by atomic mass is 10.1. The van der Waals surface area contributed by atoms with Gasteiger partial charge in [0.25, 0.3) is 5.69 Å². The Labute approximate surface area is 117 Å². The van der Waals surface area contributed by atoms with Crippen molar-refractivity contribution in [3.05, 3.63) is 39.4 Å². The first-order chi connectivity index (χ1) is 9.49. The molecule has 2 rings (SSSR count). The van der Waals surface area contributed by atoms with E-state index in [2.05, 4.69) is 15.5 Å². The van der Waals surface area contributed by atoms with Gasteiger partial charge in [0, 0.05) is 30.0 Å². The summed E-state index contributed by atoms with van der Waals surface area (Å²) >= 11 is 1.26. The molecule has 10 heteroatoms. The minimum absolute atomic E-state index is 0.103. The number of nitro groups is 1. The molecule has 0 atom stereocenters. The number of primary amides is 1. The normalized spacial score (nSPS) is 10.4. The number of carbonyl (C=O) groups excluding carboxylic acids is 1. The van der Waals surface area contributed by atoms with Crippen LogP contribution in [0.4, 0.5) is 5.69 Å². The average molecular weight is 294 g/mol. The number of tetrazole rings is 1. The molecule has 0 aliphatic rings. The third-order valence-corrected chi connectivity index (χ3v) is 3.56. The van der Waals surface area contributed by atoms with Gasteiger partial charge in [-0.05, 0) is 16.5 Å². The van der Waals surface area contributed by atoms with Gasteiger partial charge in [0.1, 0.15) is 0 Å². The van der Waals surface area contributed by atoms with Gasteiger partial charge in [-0.1, -0.05) is 17.8 Å². The maximum absolute atomic E-state index is 11.0. The van der Waals surface area contributed by atoms with Crippen LogP contribution >= 0.6 is 11.8 Å². The van der Waals surface area contributed by atoms with Crippen molar-refractivity contribution >= 4 is 23.4 Å². The number of carbonyl (C=O) groups is 1. The van der Waals surface area contributed by atoms with Crippen molar-refractivity contribution in [3.8, 4) is 0 Å². The molecule has 1 aromatic carbocycles. The van der Waals surface area contributed by atoms with Crippen LogP contribution in [-0.2, 0) is 12.8 Å². The third-order valence-electron chi connectivity index (χ3n) is 2.50. The van der Waals surface area contributed by atoms with E-state index in [1.165, 1.54) is 34.6 Å². The summed E-state index contributed by atoms with van der Waals surface area (Å²) in [6, 6.07) is 4.14. The van der Waals surface area contributed by atoms with Gasteiger partial charge in [0.15, 0.2) is 0 Å². The summed E-state index contributed by atoms with van der Waals surface area (Å²) in [4.78, 5) is 21.5. The zero-order chi connectivity index (χ0) is 14.7. The predicted octanol–water partition coefficient (Wildman–Crippen LogP) is 0.509. The van der Waals surface area contributed by atoms with E-state index in [4.69, 9.17) is 5.73 Å². The number of thioether (sulfide) groups is 1. The highest BCUT2D eigenvalue weighted by Crippen LogP contribution is 2.27. The van der Waals surface area contributed by atoms with Crippen molar-refractivity contribution in [2.24, 2.45) is 12.8 Å². The number of nitro benzene ring substituents is 1. The summed E-state index contributed by atoms with van der Waals surface area (Å²) in [5, 5.41) is 22.5. The van der Waals surface area contributed by atoms with Crippen molar-refractivity contribution in [2.75, 3.05) is 0 Å². The van der Waals surface area contributed by atoms with Gasteiger partial charge in [-0.3, -0.25) is 14.9 Å². The van der Waals surface area contributed by atoms with Gasteiger partial charge in [0.05, 0.1) is 4.92 Å². The van der Waals surface area contributed by atoms with Crippen LogP contribution in [0.25, 0.3) is 0 Å². The molecule has 1 aromatic heterocycles. The van der Waals surface area contributed by atoms with Crippen LogP contribution in [-0.4, -0.2) is 31.0 Å². The lowest BCUT2D eigenvalue weighted by Gasteiger charge is -2.03. The number of nitrogens with two attached hydrogens (primary N) is 1. The summed E-state index contributed by atoms with van der Waals surface area (Å²) in [6.07, 6.45) is 0. The molecule has 2 N–H and O–H groups in total. The van der Waals surface area contributed by atoms with Gasteiger partial charge in [-0.15, -0.1) is 5.10 Å². The van der Waals surface area contributed by atoms with E-state index in [0.717, 1.165) is 0 Å². The molecule has 0 radical (unpaired) electrons. The molecule has 0 bridgehead atoms. The summed E-state index contributed by atoms with van der Waals surface area (Å²) in [5.41, 5.74) is 5.53. The molecule has 0 saturated carbocycles. The minimum atomic E-state index is -0.704. The van der Waals surface area contributed by atoms with Crippen LogP contribution < -0.4 is 5.73 Å². The monoisotopic (exact) mass is 294 g/mol. The Bertz CT molecular complexity index is 671. The molecule has 1 amide bonds. The second kappa shape index (κ2) is 5.65. The van der Waals surface area contributed by atoms with E-state index < -0.39 is 10.8 Å². The summed E-state index contributed by atoms with van der Waals surface area (Å²) in [5.74, 6) is -0.395. The molecule has 0 saturated heterocycles. The van der Waals surface area contributed by atoms with Crippen LogP contribution in [0.1, 0.15) is 15.9 Å². The number of benzene rings is 1. The van der Waals surface area contributed by atoms with E-state index in [0.29, 0.717) is 16.5 Å². The number of hydrogen-bond acceptors (Lipinski definition) is 7. The zero-order valence-electron chi connectivity index (χ0n) is 10.4. The molecular weight excluding hydrogens is 284 g/mol. The molecule has 20 heavy (non-hydrogen) atoms. The van der Waals surface area contributed by atoms with Crippen molar-refractivity contribution in [3.63, 3.8) is 0 Å². The fourth-order valence-electron chi connectivity index (χ4n) is 1.49. The summed E-state index contributed by atoms with van der Waals surface area (Å²) in [7, 11) is 1.67. The number of aryl methyl sites for hydroxylation is 1. The molecule has 2 aromatic rings. The van der Waals surface area contributed by atoms with Crippen LogP contribution in [0.15, 0.2) is 23.4 Å². The first-order valence-corrected chi connectivity index (χ1v) is 6.40. The van der Waals surface area contributed by atoms with Crippen molar-refractivity contribution in [1.82, 2.24) is 20.2 Å². The Hall–Kier alpha value is -2.49. The molecular formula is C10H10N6O3S.